The van der Waals surface area contributed by atoms with Crippen molar-refractivity contribution in [2.45, 2.75) is 32.2 Å². The second kappa shape index (κ2) is 13.0. The molecule has 1 saturated heterocycles. The van der Waals surface area contributed by atoms with Gasteiger partial charge in [0, 0.05) is 26.7 Å². The normalized spacial score (nSPS) is 15.6. The summed E-state index contributed by atoms with van der Waals surface area (Å²) >= 11 is 0. The average molecular weight is 476 g/mol. The number of nitrogens with one attached hydrogen (secondary N) is 2. The summed E-state index contributed by atoms with van der Waals surface area (Å²) in [5.74, 6) is 2.31. The number of aliphatic imine (C=N–C) groups is 1. The van der Waals surface area contributed by atoms with Crippen molar-refractivity contribution in [1.82, 2.24) is 15.5 Å². The zero-order chi connectivity index (χ0) is 17.9. The molecule has 0 amide bonds. The molecule has 26 heavy (non-hydrogen) atoms. The molecule has 1 aromatic carbocycles. The molecule has 0 spiro atoms. The molecule has 148 valence electrons. The molecule has 0 atom stereocenters. The number of likely N-dealkylation sites (tertiary alicyclic amines) is 1. The van der Waals surface area contributed by atoms with Gasteiger partial charge in [-0.05, 0) is 43.6 Å². The van der Waals surface area contributed by atoms with E-state index in [1.54, 1.807) is 21.3 Å². The number of hydrogen-bond donors (Lipinski definition) is 2. The fourth-order valence-electron chi connectivity index (χ4n) is 3.09. The summed E-state index contributed by atoms with van der Waals surface area (Å²) in [5, 5.41) is 6.75. The molecule has 0 saturated carbocycles. The van der Waals surface area contributed by atoms with Crippen LogP contribution in [0.25, 0.3) is 0 Å². The van der Waals surface area contributed by atoms with Crippen molar-refractivity contribution in [2.24, 2.45) is 4.99 Å². The predicted molar refractivity (Wildman–Crippen MR) is 118 cm³/mol. The number of halogens is 1. The highest BCUT2D eigenvalue weighted by molar-refractivity contribution is 14.0. The lowest BCUT2D eigenvalue weighted by atomic mass is 10.2. The molecule has 1 fully saturated rings. The van der Waals surface area contributed by atoms with Crippen LogP contribution >= 0.6 is 24.0 Å². The summed E-state index contributed by atoms with van der Waals surface area (Å²) in [5.41, 5.74) is 1.12. The van der Waals surface area contributed by atoms with Crippen LogP contribution in [0.4, 0.5) is 0 Å². The lowest BCUT2D eigenvalue weighted by Gasteiger charge is -2.20. The Morgan fingerprint density at radius 3 is 2.35 bits per heavy atom. The molecule has 2 rings (SSSR count). The molecule has 1 aromatic rings. The van der Waals surface area contributed by atoms with Crippen molar-refractivity contribution in [1.29, 1.82) is 0 Å². The summed E-state index contributed by atoms with van der Waals surface area (Å²) in [6.45, 7) is 5.10. The number of benzene rings is 1. The molecule has 0 bridgehead atoms. The van der Waals surface area contributed by atoms with Crippen LogP contribution in [-0.2, 0) is 6.54 Å². The van der Waals surface area contributed by atoms with Crippen molar-refractivity contribution in [3.05, 3.63) is 23.8 Å². The van der Waals surface area contributed by atoms with Gasteiger partial charge in [0.05, 0.1) is 14.2 Å². The van der Waals surface area contributed by atoms with E-state index in [1.165, 1.54) is 38.8 Å². The second-order valence-corrected chi connectivity index (χ2v) is 6.30. The number of rotatable bonds is 7. The van der Waals surface area contributed by atoms with Crippen LogP contribution in [0.5, 0.6) is 11.5 Å². The van der Waals surface area contributed by atoms with Gasteiger partial charge in [0.25, 0.3) is 0 Å². The third kappa shape index (κ3) is 7.57. The second-order valence-electron chi connectivity index (χ2n) is 6.30. The summed E-state index contributed by atoms with van der Waals surface area (Å²) in [6, 6.07) is 5.93. The van der Waals surface area contributed by atoms with Crippen molar-refractivity contribution in [3.63, 3.8) is 0 Å². The summed E-state index contributed by atoms with van der Waals surface area (Å²) in [6.07, 6.45) is 5.40. The summed E-state index contributed by atoms with van der Waals surface area (Å²) in [4.78, 5) is 6.84. The fraction of sp³-hybridized carbons (Fsp3) is 0.632. The highest BCUT2D eigenvalue weighted by Crippen LogP contribution is 2.27. The summed E-state index contributed by atoms with van der Waals surface area (Å²) < 4.78 is 10.6. The highest BCUT2D eigenvalue weighted by Gasteiger charge is 2.09. The first-order valence-electron chi connectivity index (χ1n) is 9.14. The minimum absolute atomic E-state index is 0. The number of nitrogens with zero attached hydrogens (tertiary/aromatic N) is 2. The van der Waals surface area contributed by atoms with E-state index in [0.29, 0.717) is 6.54 Å². The maximum Gasteiger partial charge on any atom is 0.191 e. The monoisotopic (exact) mass is 476 g/mol. The molecule has 1 aliphatic heterocycles. The molecule has 2 N–H and O–H groups in total. The third-order valence-electron chi connectivity index (χ3n) is 4.55. The van der Waals surface area contributed by atoms with Crippen molar-refractivity contribution in [3.8, 4) is 11.5 Å². The molecule has 0 aromatic heterocycles. The van der Waals surface area contributed by atoms with Crippen LogP contribution in [0.3, 0.4) is 0 Å². The van der Waals surface area contributed by atoms with Gasteiger partial charge in [-0.1, -0.05) is 18.9 Å². The maximum atomic E-state index is 5.35. The topological polar surface area (TPSA) is 58.1 Å². The van der Waals surface area contributed by atoms with E-state index in [1.807, 2.05) is 18.2 Å². The van der Waals surface area contributed by atoms with Crippen LogP contribution in [0, 0.1) is 0 Å². The molecule has 6 nitrogen and oxygen atoms in total. The van der Waals surface area contributed by atoms with Gasteiger partial charge in [0.1, 0.15) is 0 Å². The molecule has 1 aliphatic rings. The van der Waals surface area contributed by atoms with Crippen molar-refractivity contribution < 1.29 is 9.47 Å². The van der Waals surface area contributed by atoms with Gasteiger partial charge in [-0.3, -0.25) is 4.99 Å². The SMILES string of the molecule is CN=C(NCCN1CCCCCC1)NCc1ccc(OC)c(OC)c1.I. The minimum atomic E-state index is 0. The molecule has 0 aliphatic carbocycles. The Morgan fingerprint density at radius 1 is 1.04 bits per heavy atom. The standard InChI is InChI=1S/C19H32N4O2.HI/c1-20-19(21-10-13-23-11-6-4-5-7-12-23)22-15-16-8-9-17(24-2)18(14-16)25-3;/h8-9,14H,4-7,10-13,15H2,1-3H3,(H2,20,21,22);1H. The number of guanidine groups is 1. The first kappa shape index (κ1) is 22.8. The van der Waals surface area contributed by atoms with Crippen LogP contribution in [-0.4, -0.2) is 58.3 Å². The van der Waals surface area contributed by atoms with Crippen LogP contribution in [0.15, 0.2) is 23.2 Å². The largest absolute Gasteiger partial charge is 0.493 e. The van der Waals surface area contributed by atoms with E-state index in [2.05, 4.69) is 20.5 Å². The predicted octanol–water partition coefficient (Wildman–Crippen LogP) is 2.86. The molecule has 7 heteroatoms. The van der Waals surface area contributed by atoms with E-state index in [9.17, 15) is 0 Å². The van der Waals surface area contributed by atoms with E-state index in [-0.39, 0.29) is 24.0 Å². The van der Waals surface area contributed by atoms with Crippen LogP contribution in [0.1, 0.15) is 31.2 Å². The molecule has 1 heterocycles. The van der Waals surface area contributed by atoms with Crippen molar-refractivity contribution in [2.75, 3.05) is 47.4 Å². The molecule has 0 radical (unpaired) electrons. The number of ether oxygens (including phenoxy) is 2. The Labute approximate surface area is 174 Å². The van der Waals surface area contributed by atoms with Gasteiger partial charge in [-0.25, -0.2) is 0 Å². The Hall–Kier alpha value is -1.22. The lowest BCUT2D eigenvalue weighted by molar-refractivity contribution is 0.289. The third-order valence-corrected chi connectivity index (χ3v) is 4.55. The average Bonchev–Trinajstić information content (AvgIpc) is 2.93. The quantitative estimate of drug-likeness (QED) is 0.360. The minimum Gasteiger partial charge on any atom is -0.493 e. The molecular formula is C19H33IN4O2. The van der Waals surface area contributed by atoms with Crippen LogP contribution < -0.4 is 20.1 Å². The van der Waals surface area contributed by atoms with Gasteiger partial charge >= 0.3 is 0 Å². The van der Waals surface area contributed by atoms with E-state index in [0.717, 1.165) is 36.1 Å². The maximum absolute atomic E-state index is 5.35. The number of hydrogen-bond acceptors (Lipinski definition) is 4. The first-order valence-corrected chi connectivity index (χ1v) is 9.14. The van der Waals surface area contributed by atoms with E-state index < -0.39 is 0 Å². The smallest absolute Gasteiger partial charge is 0.191 e. The van der Waals surface area contributed by atoms with Gasteiger partial charge in [-0.15, -0.1) is 24.0 Å². The highest BCUT2D eigenvalue weighted by atomic mass is 127. The molecule has 0 unspecified atom stereocenters. The van der Waals surface area contributed by atoms with Gasteiger partial charge in [0.2, 0.25) is 0 Å². The molecular weight excluding hydrogens is 443 g/mol. The Morgan fingerprint density at radius 2 is 1.73 bits per heavy atom. The zero-order valence-electron chi connectivity index (χ0n) is 16.2. The Balaban J connectivity index is 0.00000338. The van der Waals surface area contributed by atoms with Gasteiger partial charge in [-0.2, -0.15) is 0 Å². The lowest BCUT2D eigenvalue weighted by Crippen LogP contribution is -2.41. The first-order chi connectivity index (χ1) is 12.3. The summed E-state index contributed by atoms with van der Waals surface area (Å²) in [7, 11) is 5.10. The fourth-order valence-corrected chi connectivity index (χ4v) is 3.09. The van der Waals surface area contributed by atoms with Gasteiger partial charge < -0.3 is 25.0 Å². The Kier molecular flexibility index (Phi) is 11.4. The van der Waals surface area contributed by atoms with Gasteiger partial charge in [0.15, 0.2) is 17.5 Å². The van der Waals surface area contributed by atoms with E-state index >= 15 is 0 Å². The number of methoxy groups -OCH3 is 2. The van der Waals surface area contributed by atoms with Crippen molar-refractivity contribution >= 4 is 29.9 Å². The van der Waals surface area contributed by atoms with Crippen LogP contribution in [0.2, 0.25) is 0 Å². The Bertz CT molecular complexity index is 546. The zero-order valence-corrected chi connectivity index (χ0v) is 18.5. The van der Waals surface area contributed by atoms with E-state index in [4.69, 9.17) is 9.47 Å².